The Morgan fingerprint density at radius 3 is 2.48 bits per heavy atom. The Morgan fingerprint density at radius 1 is 1.14 bits per heavy atom. The SMILES string of the molecule is OCCCN(Cc1ccc(Cl)c(Cl)c1)c1ncc(Br)cn1. The van der Waals surface area contributed by atoms with Gasteiger partial charge in [-0.25, -0.2) is 9.97 Å². The van der Waals surface area contributed by atoms with Crippen molar-refractivity contribution in [1.82, 2.24) is 9.97 Å². The van der Waals surface area contributed by atoms with Gasteiger partial charge in [0.15, 0.2) is 0 Å². The number of hydrogen-bond donors (Lipinski definition) is 1. The van der Waals surface area contributed by atoms with E-state index in [1.54, 1.807) is 18.5 Å². The van der Waals surface area contributed by atoms with E-state index in [-0.39, 0.29) is 6.61 Å². The third-order valence-electron chi connectivity index (χ3n) is 2.83. The fourth-order valence-electron chi connectivity index (χ4n) is 1.84. The molecule has 0 aliphatic heterocycles. The molecule has 0 saturated carbocycles. The van der Waals surface area contributed by atoms with Crippen LogP contribution in [0.1, 0.15) is 12.0 Å². The van der Waals surface area contributed by atoms with Gasteiger partial charge >= 0.3 is 0 Å². The summed E-state index contributed by atoms with van der Waals surface area (Å²) in [5.41, 5.74) is 1.01. The molecule has 4 nitrogen and oxygen atoms in total. The Bertz CT molecular complexity index is 595. The van der Waals surface area contributed by atoms with Crippen LogP contribution in [0.5, 0.6) is 0 Å². The van der Waals surface area contributed by atoms with Gasteiger partial charge in [0.05, 0.1) is 14.5 Å². The summed E-state index contributed by atoms with van der Waals surface area (Å²) in [5, 5.41) is 10.1. The number of benzene rings is 1. The molecule has 0 fully saturated rings. The lowest BCUT2D eigenvalue weighted by molar-refractivity contribution is 0.289. The molecule has 0 atom stereocenters. The van der Waals surface area contributed by atoms with E-state index in [1.165, 1.54) is 0 Å². The van der Waals surface area contributed by atoms with E-state index < -0.39 is 0 Å². The molecule has 0 amide bonds. The Balaban J connectivity index is 2.19. The Hall–Kier alpha value is -0.880. The van der Waals surface area contributed by atoms with Crippen LogP contribution in [0.4, 0.5) is 5.95 Å². The summed E-state index contributed by atoms with van der Waals surface area (Å²) in [6.45, 7) is 1.37. The number of nitrogens with zero attached hydrogens (tertiary/aromatic N) is 3. The van der Waals surface area contributed by atoms with Crippen molar-refractivity contribution in [2.45, 2.75) is 13.0 Å². The maximum Gasteiger partial charge on any atom is 0.225 e. The van der Waals surface area contributed by atoms with Crippen molar-refractivity contribution in [3.05, 3.63) is 50.7 Å². The smallest absolute Gasteiger partial charge is 0.225 e. The fourth-order valence-corrected chi connectivity index (χ4v) is 2.36. The minimum atomic E-state index is 0.119. The van der Waals surface area contributed by atoms with Gasteiger partial charge in [-0.2, -0.15) is 0 Å². The zero-order valence-corrected chi connectivity index (χ0v) is 14.2. The summed E-state index contributed by atoms with van der Waals surface area (Å²) < 4.78 is 0.822. The van der Waals surface area contributed by atoms with E-state index in [0.717, 1.165) is 10.0 Å². The number of rotatable bonds is 6. The van der Waals surface area contributed by atoms with Crippen molar-refractivity contribution in [2.75, 3.05) is 18.1 Å². The van der Waals surface area contributed by atoms with Gasteiger partial charge in [0, 0.05) is 32.1 Å². The summed E-state index contributed by atoms with van der Waals surface area (Å²) in [6.07, 6.45) is 4.03. The molecule has 1 aromatic heterocycles. The molecule has 0 radical (unpaired) electrons. The highest BCUT2D eigenvalue weighted by atomic mass is 79.9. The molecule has 1 N–H and O–H groups in total. The van der Waals surface area contributed by atoms with E-state index in [9.17, 15) is 0 Å². The van der Waals surface area contributed by atoms with Gasteiger partial charge in [-0.1, -0.05) is 29.3 Å². The monoisotopic (exact) mass is 389 g/mol. The number of anilines is 1. The molecule has 1 aromatic carbocycles. The highest BCUT2D eigenvalue weighted by molar-refractivity contribution is 9.10. The largest absolute Gasteiger partial charge is 0.396 e. The maximum atomic E-state index is 9.04. The molecule has 2 aromatic rings. The molecule has 21 heavy (non-hydrogen) atoms. The van der Waals surface area contributed by atoms with Crippen LogP contribution in [0, 0.1) is 0 Å². The summed E-state index contributed by atoms with van der Waals surface area (Å²) >= 11 is 15.3. The second-order valence-corrected chi connectivity index (χ2v) is 6.18. The van der Waals surface area contributed by atoms with Gasteiger partial charge in [0.25, 0.3) is 0 Å². The van der Waals surface area contributed by atoms with Crippen LogP contribution in [-0.4, -0.2) is 28.2 Å². The van der Waals surface area contributed by atoms with Crippen LogP contribution < -0.4 is 4.90 Å². The molecule has 0 aliphatic carbocycles. The molecule has 0 spiro atoms. The molecule has 0 unspecified atom stereocenters. The molecule has 0 aliphatic rings. The van der Waals surface area contributed by atoms with Crippen LogP contribution in [-0.2, 0) is 6.54 Å². The van der Waals surface area contributed by atoms with E-state index in [0.29, 0.717) is 35.5 Å². The third-order valence-corrected chi connectivity index (χ3v) is 3.98. The van der Waals surface area contributed by atoms with E-state index in [1.807, 2.05) is 17.0 Å². The second-order valence-electron chi connectivity index (χ2n) is 4.45. The van der Waals surface area contributed by atoms with Crippen LogP contribution in [0.25, 0.3) is 0 Å². The minimum Gasteiger partial charge on any atom is -0.396 e. The minimum absolute atomic E-state index is 0.119. The zero-order chi connectivity index (χ0) is 15.2. The van der Waals surface area contributed by atoms with Crippen molar-refractivity contribution in [1.29, 1.82) is 0 Å². The predicted molar refractivity (Wildman–Crippen MR) is 88.9 cm³/mol. The highest BCUT2D eigenvalue weighted by Gasteiger charge is 2.11. The highest BCUT2D eigenvalue weighted by Crippen LogP contribution is 2.24. The van der Waals surface area contributed by atoms with Gasteiger partial charge in [-0.3, -0.25) is 0 Å². The van der Waals surface area contributed by atoms with E-state index in [2.05, 4.69) is 25.9 Å². The first-order valence-electron chi connectivity index (χ1n) is 6.37. The first-order chi connectivity index (χ1) is 10.1. The molecule has 0 saturated heterocycles. The van der Waals surface area contributed by atoms with Gasteiger partial charge in [-0.05, 0) is 40.0 Å². The average molecular weight is 391 g/mol. The number of halogens is 3. The Kier molecular flexibility index (Phi) is 6.23. The molecule has 2 rings (SSSR count). The second kappa shape index (κ2) is 7.94. The van der Waals surface area contributed by atoms with Crippen molar-refractivity contribution in [3.8, 4) is 0 Å². The van der Waals surface area contributed by atoms with Crippen LogP contribution in [0.2, 0.25) is 10.0 Å². The van der Waals surface area contributed by atoms with Crippen LogP contribution in [0.15, 0.2) is 35.1 Å². The van der Waals surface area contributed by atoms with Crippen molar-refractivity contribution in [3.63, 3.8) is 0 Å². The molecule has 1 heterocycles. The van der Waals surface area contributed by atoms with E-state index in [4.69, 9.17) is 28.3 Å². The van der Waals surface area contributed by atoms with Crippen LogP contribution in [0.3, 0.4) is 0 Å². The summed E-state index contributed by atoms with van der Waals surface area (Å²) in [4.78, 5) is 10.6. The molecular weight excluding hydrogens is 377 g/mol. The Labute approximate surface area is 141 Å². The van der Waals surface area contributed by atoms with Crippen molar-refractivity contribution < 1.29 is 5.11 Å². The standard InChI is InChI=1S/C14H14BrCl2N3O/c15-11-7-18-14(19-8-11)20(4-1-5-21)9-10-2-3-12(16)13(17)6-10/h2-3,6-8,21H,1,4-5,9H2. The number of aliphatic hydroxyl groups is 1. The number of aliphatic hydroxyl groups excluding tert-OH is 1. The predicted octanol–water partition coefficient (Wildman–Crippen LogP) is 3.93. The lowest BCUT2D eigenvalue weighted by Crippen LogP contribution is -2.26. The summed E-state index contributed by atoms with van der Waals surface area (Å²) in [7, 11) is 0. The lowest BCUT2D eigenvalue weighted by Gasteiger charge is -2.22. The topological polar surface area (TPSA) is 49.2 Å². The summed E-state index contributed by atoms with van der Waals surface area (Å²) in [5.74, 6) is 0.609. The lowest BCUT2D eigenvalue weighted by atomic mass is 10.2. The fraction of sp³-hybridized carbons (Fsp3) is 0.286. The number of aromatic nitrogens is 2. The first-order valence-corrected chi connectivity index (χ1v) is 7.92. The average Bonchev–Trinajstić information content (AvgIpc) is 2.48. The van der Waals surface area contributed by atoms with Crippen molar-refractivity contribution >= 4 is 45.1 Å². The molecule has 7 heteroatoms. The van der Waals surface area contributed by atoms with Gasteiger partial charge in [0.1, 0.15) is 0 Å². The zero-order valence-electron chi connectivity index (χ0n) is 11.1. The van der Waals surface area contributed by atoms with Gasteiger partial charge in [0.2, 0.25) is 5.95 Å². The molecular formula is C14H14BrCl2N3O. The van der Waals surface area contributed by atoms with Crippen LogP contribution >= 0.6 is 39.1 Å². The molecule has 0 bridgehead atoms. The number of hydrogen-bond acceptors (Lipinski definition) is 4. The quantitative estimate of drug-likeness (QED) is 0.811. The maximum absolute atomic E-state index is 9.04. The summed E-state index contributed by atoms with van der Waals surface area (Å²) in [6, 6.07) is 5.51. The molecule has 112 valence electrons. The van der Waals surface area contributed by atoms with Crippen molar-refractivity contribution in [2.24, 2.45) is 0 Å². The van der Waals surface area contributed by atoms with Gasteiger partial charge in [-0.15, -0.1) is 0 Å². The van der Waals surface area contributed by atoms with E-state index >= 15 is 0 Å². The Morgan fingerprint density at radius 2 is 1.86 bits per heavy atom. The normalized spacial score (nSPS) is 10.7. The third kappa shape index (κ3) is 4.81. The first kappa shape index (κ1) is 16.5. The van der Waals surface area contributed by atoms with Gasteiger partial charge < -0.3 is 10.0 Å².